The van der Waals surface area contributed by atoms with Crippen molar-refractivity contribution < 1.29 is 32.2 Å². The maximum absolute atomic E-state index is 13.4. The second-order valence-corrected chi connectivity index (χ2v) is 8.80. The number of benzene rings is 2. The van der Waals surface area contributed by atoms with Crippen molar-refractivity contribution in [3.63, 3.8) is 0 Å². The highest BCUT2D eigenvalue weighted by Crippen LogP contribution is 2.37. The molecule has 1 amide bonds. The average Bonchev–Trinajstić information content (AvgIpc) is 3.32. The largest absolute Gasteiger partial charge is 0.489 e. The molecule has 2 aromatic heterocycles. The zero-order valence-electron chi connectivity index (χ0n) is 20.8. The minimum absolute atomic E-state index is 0.000107. The molecule has 0 atom stereocenters. The van der Waals surface area contributed by atoms with Crippen molar-refractivity contribution >= 4 is 16.8 Å². The third-order valence-electron chi connectivity index (χ3n) is 5.66. The zero-order chi connectivity index (χ0) is 27.4. The number of aliphatic hydroxyl groups excluding tert-OH is 1. The van der Waals surface area contributed by atoms with Gasteiger partial charge in [-0.05, 0) is 43.7 Å². The van der Waals surface area contributed by atoms with Gasteiger partial charge in [0.05, 0.1) is 19.3 Å². The van der Waals surface area contributed by atoms with Crippen LogP contribution in [0, 0.1) is 0 Å². The molecule has 2 heterocycles. The Morgan fingerprint density at radius 2 is 1.84 bits per heavy atom. The fourth-order valence-corrected chi connectivity index (χ4v) is 3.98. The Morgan fingerprint density at radius 3 is 2.47 bits per heavy atom. The first-order valence-electron chi connectivity index (χ1n) is 11.9. The summed E-state index contributed by atoms with van der Waals surface area (Å²) in [4.78, 5) is 23.1. The van der Waals surface area contributed by atoms with E-state index in [1.807, 2.05) is 30.3 Å². The molecular weight excluding hydrogens is 501 g/mol. The number of carbonyl (C=O) groups is 1. The van der Waals surface area contributed by atoms with Gasteiger partial charge < -0.3 is 24.9 Å². The molecule has 0 unspecified atom stereocenters. The summed E-state index contributed by atoms with van der Waals surface area (Å²) in [7, 11) is 0. The van der Waals surface area contributed by atoms with Crippen LogP contribution in [0.15, 0.2) is 59.0 Å². The first-order chi connectivity index (χ1) is 18.1. The summed E-state index contributed by atoms with van der Waals surface area (Å²) in [5.74, 6) is -0.222. The predicted octanol–water partition coefficient (Wildman–Crippen LogP) is 4.79. The van der Waals surface area contributed by atoms with Gasteiger partial charge in [-0.2, -0.15) is 13.2 Å². The topological polar surface area (TPSA) is 115 Å². The fraction of sp³-hybridized carbons (Fsp3) is 0.296. The Hall–Kier alpha value is -3.96. The van der Waals surface area contributed by atoms with Crippen LogP contribution in [0.2, 0.25) is 0 Å². The van der Waals surface area contributed by atoms with Crippen molar-refractivity contribution in [2.45, 2.75) is 39.2 Å². The molecule has 0 saturated carbocycles. The molecule has 0 aliphatic carbocycles. The molecular formula is C27H27F3N4O4. The van der Waals surface area contributed by atoms with E-state index in [0.29, 0.717) is 10.9 Å². The van der Waals surface area contributed by atoms with Crippen LogP contribution < -0.4 is 10.5 Å². The first kappa shape index (κ1) is 27.1. The monoisotopic (exact) mass is 528 g/mol. The second-order valence-electron chi connectivity index (χ2n) is 8.80. The average molecular weight is 529 g/mol. The van der Waals surface area contributed by atoms with E-state index in [0.717, 1.165) is 11.6 Å². The Morgan fingerprint density at radius 1 is 1.11 bits per heavy atom. The molecule has 200 valence electrons. The van der Waals surface area contributed by atoms with Crippen molar-refractivity contribution in [2.75, 3.05) is 13.2 Å². The lowest BCUT2D eigenvalue weighted by molar-refractivity contribution is -0.140. The summed E-state index contributed by atoms with van der Waals surface area (Å²) in [5, 5.41) is 9.85. The molecule has 0 aliphatic rings. The number of carbonyl (C=O) groups excluding carboxylic acids is 1. The maximum atomic E-state index is 13.4. The molecule has 38 heavy (non-hydrogen) atoms. The number of amides is 1. The molecule has 8 nitrogen and oxygen atoms in total. The molecule has 11 heteroatoms. The number of hydrogen-bond acceptors (Lipinski definition) is 7. The number of oxazole rings is 1. The normalized spacial score (nSPS) is 11.8. The van der Waals surface area contributed by atoms with E-state index in [4.69, 9.17) is 14.9 Å². The summed E-state index contributed by atoms with van der Waals surface area (Å²) in [6, 6.07) is 14.5. The zero-order valence-corrected chi connectivity index (χ0v) is 20.8. The van der Waals surface area contributed by atoms with Crippen LogP contribution in [-0.2, 0) is 19.3 Å². The van der Waals surface area contributed by atoms with Crippen LogP contribution in [-0.4, -0.2) is 45.1 Å². The molecule has 0 radical (unpaired) electrons. The van der Waals surface area contributed by atoms with E-state index >= 15 is 0 Å². The minimum atomic E-state index is -4.65. The fourth-order valence-electron chi connectivity index (χ4n) is 3.98. The SMILES string of the molecule is CC(C)Oc1ccc(-c2nc(C(=O)N(CCO)Cc3ccccc3)c(CN)o2)c2ccc(C(F)(F)F)nc12. The van der Waals surface area contributed by atoms with Gasteiger partial charge in [0.1, 0.15) is 17.0 Å². The van der Waals surface area contributed by atoms with Crippen molar-refractivity contribution in [1.29, 1.82) is 0 Å². The number of hydrogen-bond donors (Lipinski definition) is 2. The molecule has 0 aliphatic heterocycles. The maximum Gasteiger partial charge on any atom is 0.433 e. The lowest BCUT2D eigenvalue weighted by Crippen LogP contribution is -2.34. The number of fused-ring (bicyclic) bond motifs is 1. The summed E-state index contributed by atoms with van der Waals surface area (Å²) in [5.41, 5.74) is 5.91. The van der Waals surface area contributed by atoms with Gasteiger partial charge >= 0.3 is 6.18 Å². The lowest BCUT2D eigenvalue weighted by Gasteiger charge is -2.21. The third kappa shape index (κ3) is 5.79. The van der Waals surface area contributed by atoms with Crippen LogP contribution >= 0.6 is 0 Å². The Bertz CT molecular complexity index is 1420. The number of nitrogens with two attached hydrogens (primary N) is 1. The molecule has 3 N–H and O–H groups in total. The van der Waals surface area contributed by atoms with Crippen LogP contribution in [0.25, 0.3) is 22.4 Å². The highest BCUT2D eigenvalue weighted by molar-refractivity contribution is 5.98. The number of pyridine rings is 1. The second kappa shape index (κ2) is 11.2. The van der Waals surface area contributed by atoms with E-state index in [-0.39, 0.29) is 61.0 Å². The summed E-state index contributed by atoms with van der Waals surface area (Å²) in [6.45, 7) is 3.36. The van der Waals surface area contributed by atoms with Gasteiger partial charge in [0.15, 0.2) is 11.5 Å². The number of alkyl halides is 3. The van der Waals surface area contributed by atoms with Gasteiger partial charge in [0.25, 0.3) is 5.91 Å². The standard InChI is InChI=1S/C27H27F3N4O4/c1-16(2)37-20-10-8-19(18-9-11-22(27(28,29)30)32-23(18)20)25-33-24(21(14-31)38-25)26(36)34(12-13-35)15-17-6-4-3-5-7-17/h3-11,16,35H,12-15,31H2,1-2H3. The molecule has 0 spiro atoms. The molecule has 4 aromatic rings. The molecule has 0 saturated heterocycles. The quantitative estimate of drug-likeness (QED) is 0.321. The van der Waals surface area contributed by atoms with Crippen molar-refractivity contribution in [3.8, 4) is 17.2 Å². The van der Waals surface area contributed by atoms with Gasteiger partial charge in [-0.15, -0.1) is 0 Å². The number of aliphatic hydroxyl groups is 1. The van der Waals surface area contributed by atoms with Gasteiger partial charge in [-0.3, -0.25) is 4.79 Å². The Kier molecular flexibility index (Phi) is 7.98. The van der Waals surface area contributed by atoms with Gasteiger partial charge in [-0.1, -0.05) is 30.3 Å². The molecule has 2 aromatic carbocycles. The highest BCUT2D eigenvalue weighted by Gasteiger charge is 2.33. The molecule has 0 fully saturated rings. The number of halogens is 3. The summed E-state index contributed by atoms with van der Waals surface area (Å²) in [6.07, 6.45) is -4.96. The van der Waals surface area contributed by atoms with Crippen LogP contribution in [0.4, 0.5) is 13.2 Å². The highest BCUT2D eigenvalue weighted by atomic mass is 19.4. The Balaban J connectivity index is 1.79. The first-order valence-corrected chi connectivity index (χ1v) is 11.9. The van der Waals surface area contributed by atoms with E-state index in [1.165, 1.54) is 17.0 Å². The number of rotatable bonds is 9. The lowest BCUT2D eigenvalue weighted by atomic mass is 10.1. The van der Waals surface area contributed by atoms with Crippen molar-refractivity contribution in [1.82, 2.24) is 14.9 Å². The minimum Gasteiger partial charge on any atom is -0.489 e. The van der Waals surface area contributed by atoms with E-state index in [9.17, 15) is 23.1 Å². The van der Waals surface area contributed by atoms with Crippen LogP contribution in [0.5, 0.6) is 5.75 Å². The smallest absolute Gasteiger partial charge is 0.433 e. The number of nitrogens with zero attached hydrogens (tertiary/aromatic N) is 3. The van der Waals surface area contributed by atoms with E-state index in [2.05, 4.69) is 9.97 Å². The van der Waals surface area contributed by atoms with Crippen LogP contribution in [0.3, 0.4) is 0 Å². The van der Waals surface area contributed by atoms with Gasteiger partial charge in [0, 0.05) is 24.0 Å². The van der Waals surface area contributed by atoms with Gasteiger partial charge in [0.2, 0.25) is 5.89 Å². The van der Waals surface area contributed by atoms with Crippen LogP contribution in [0.1, 0.15) is 41.4 Å². The summed E-state index contributed by atoms with van der Waals surface area (Å²) < 4.78 is 51.8. The Labute approximate surface area is 216 Å². The number of ether oxygens (including phenoxy) is 1. The summed E-state index contributed by atoms with van der Waals surface area (Å²) >= 11 is 0. The van der Waals surface area contributed by atoms with E-state index in [1.54, 1.807) is 19.9 Å². The van der Waals surface area contributed by atoms with Crippen molar-refractivity contribution in [2.24, 2.45) is 5.73 Å². The third-order valence-corrected chi connectivity index (χ3v) is 5.66. The number of aromatic nitrogens is 2. The van der Waals surface area contributed by atoms with E-state index < -0.39 is 17.8 Å². The molecule has 4 rings (SSSR count). The van der Waals surface area contributed by atoms with Crippen molar-refractivity contribution in [3.05, 3.63) is 77.3 Å². The van der Waals surface area contributed by atoms with Gasteiger partial charge in [-0.25, -0.2) is 9.97 Å². The molecule has 0 bridgehead atoms. The predicted molar refractivity (Wildman–Crippen MR) is 134 cm³/mol.